The first-order valence-corrected chi connectivity index (χ1v) is 8.37. The number of hydrogen-bond acceptors (Lipinski definition) is 5. The summed E-state index contributed by atoms with van der Waals surface area (Å²) >= 11 is 0. The van der Waals surface area contributed by atoms with Gasteiger partial charge in [-0.25, -0.2) is 4.99 Å². The number of aromatic nitrogens is 3. The lowest BCUT2D eigenvalue weighted by molar-refractivity contribution is -0.0161. The summed E-state index contributed by atoms with van der Waals surface area (Å²) in [6.45, 7) is 6.75. The normalized spacial score (nSPS) is 18.8. The molecule has 2 N–H and O–H groups in total. The molecule has 0 bridgehead atoms. The molecule has 0 spiro atoms. The molecule has 25 heavy (non-hydrogen) atoms. The van der Waals surface area contributed by atoms with Crippen LogP contribution in [0.1, 0.15) is 12.7 Å². The van der Waals surface area contributed by atoms with E-state index in [1.165, 1.54) is 0 Å². The van der Waals surface area contributed by atoms with Crippen molar-refractivity contribution in [2.24, 2.45) is 4.99 Å². The predicted octanol–water partition coefficient (Wildman–Crippen LogP) is 0.733. The summed E-state index contributed by atoms with van der Waals surface area (Å²) < 4.78 is 7.72. The fourth-order valence-electron chi connectivity index (χ4n) is 2.69. The molecule has 0 aromatic carbocycles. The summed E-state index contributed by atoms with van der Waals surface area (Å²) in [5.74, 6) is 1.58. The smallest absolute Gasteiger partial charge is 0.191 e. The number of fused-ring (bicyclic) bond motifs is 1. The van der Waals surface area contributed by atoms with Crippen molar-refractivity contribution in [3.8, 4) is 0 Å². The van der Waals surface area contributed by atoms with Crippen molar-refractivity contribution in [2.75, 3.05) is 39.8 Å². The number of hydrogen-bond donors (Lipinski definition) is 2. The Kier molecular flexibility index (Phi) is 7.85. The molecule has 2 aromatic rings. The maximum Gasteiger partial charge on any atom is 0.191 e. The van der Waals surface area contributed by atoms with E-state index in [2.05, 4.69) is 44.7 Å². The number of guanidine groups is 1. The average Bonchev–Trinajstić information content (AvgIpc) is 3.01. The van der Waals surface area contributed by atoms with Gasteiger partial charge in [0, 0.05) is 32.4 Å². The minimum absolute atomic E-state index is 0. The molecule has 9 heteroatoms. The Morgan fingerprint density at radius 1 is 1.36 bits per heavy atom. The molecule has 1 aliphatic rings. The Balaban J connectivity index is 0.00000225. The number of rotatable bonds is 5. The van der Waals surface area contributed by atoms with Crippen LogP contribution in [0.15, 0.2) is 29.4 Å². The molecule has 0 saturated carbocycles. The van der Waals surface area contributed by atoms with Gasteiger partial charge in [0.05, 0.1) is 12.7 Å². The van der Waals surface area contributed by atoms with Crippen molar-refractivity contribution in [2.45, 2.75) is 19.6 Å². The maximum absolute atomic E-state index is 5.77. The lowest BCUT2D eigenvalue weighted by atomic mass is 10.3. The second-order valence-corrected chi connectivity index (χ2v) is 5.88. The molecule has 0 radical (unpaired) electrons. The zero-order chi connectivity index (χ0) is 16.8. The highest BCUT2D eigenvalue weighted by molar-refractivity contribution is 14.0. The molecule has 1 aliphatic heterocycles. The first-order valence-electron chi connectivity index (χ1n) is 8.37. The molecule has 0 aliphatic carbocycles. The molecule has 1 fully saturated rings. The molecule has 2 aromatic heterocycles. The molecule has 8 nitrogen and oxygen atoms in total. The van der Waals surface area contributed by atoms with Gasteiger partial charge in [0.2, 0.25) is 0 Å². The number of nitrogens with zero attached hydrogens (tertiary/aromatic N) is 5. The van der Waals surface area contributed by atoms with Crippen LogP contribution in [0.4, 0.5) is 0 Å². The second-order valence-electron chi connectivity index (χ2n) is 5.88. The summed E-state index contributed by atoms with van der Waals surface area (Å²) in [5.41, 5.74) is 0.833. The van der Waals surface area contributed by atoms with Crippen LogP contribution in [0, 0.1) is 0 Å². The van der Waals surface area contributed by atoms with Crippen molar-refractivity contribution in [3.63, 3.8) is 0 Å². The highest BCUT2D eigenvalue weighted by Crippen LogP contribution is 2.04. The summed E-state index contributed by atoms with van der Waals surface area (Å²) in [5, 5.41) is 15.0. The first kappa shape index (κ1) is 19.9. The van der Waals surface area contributed by atoms with Crippen LogP contribution in [-0.2, 0) is 11.3 Å². The summed E-state index contributed by atoms with van der Waals surface area (Å²) in [7, 11) is 2.12. The Hall–Kier alpha value is -1.46. The molecule has 3 heterocycles. The minimum Gasteiger partial charge on any atom is -0.374 e. The van der Waals surface area contributed by atoms with Gasteiger partial charge in [-0.3, -0.25) is 4.40 Å². The largest absolute Gasteiger partial charge is 0.374 e. The lowest BCUT2D eigenvalue weighted by Gasteiger charge is -2.30. The molecule has 1 unspecified atom stereocenters. The Morgan fingerprint density at radius 2 is 2.24 bits per heavy atom. The van der Waals surface area contributed by atoms with Gasteiger partial charge in [-0.15, -0.1) is 34.2 Å². The molecular weight excluding hydrogens is 433 g/mol. The lowest BCUT2D eigenvalue weighted by Crippen LogP contribution is -2.48. The van der Waals surface area contributed by atoms with Crippen molar-refractivity contribution in [1.82, 2.24) is 30.1 Å². The van der Waals surface area contributed by atoms with Gasteiger partial charge >= 0.3 is 0 Å². The SMILES string of the molecule is CCNC(=NCc1nnc2ccccn12)NCC1CN(C)CCO1.I. The Morgan fingerprint density at radius 3 is 3.04 bits per heavy atom. The van der Waals surface area contributed by atoms with E-state index in [4.69, 9.17) is 4.74 Å². The molecule has 1 atom stereocenters. The minimum atomic E-state index is 0. The second kappa shape index (κ2) is 9.88. The molecule has 0 amide bonds. The van der Waals surface area contributed by atoms with Crippen LogP contribution in [0.2, 0.25) is 0 Å². The van der Waals surface area contributed by atoms with Gasteiger partial charge in [0.15, 0.2) is 17.4 Å². The van der Waals surface area contributed by atoms with Crippen LogP contribution in [0.25, 0.3) is 5.65 Å². The molecule has 1 saturated heterocycles. The van der Waals surface area contributed by atoms with Crippen LogP contribution >= 0.6 is 24.0 Å². The zero-order valence-corrected chi connectivity index (χ0v) is 17.0. The van der Waals surface area contributed by atoms with E-state index in [0.717, 1.165) is 50.2 Å². The number of aliphatic imine (C=N–C) groups is 1. The molecular formula is C16H26IN7O. The van der Waals surface area contributed by atoms with Crippen molar-refractivity contribution in [1.29, 1.82) is 0 Å². The van der Waals surface area contributed by atoms with E-state index in [9.17, 15) is 0 Å². The highest BCUT2D eigenvalue weighted by atomic mass is 127. The predicted molar refractivity (Wildman–Crippen MR) is 108 cm³/mol. The molecule has 3 rings (SSSR count). The molecule has 138 valence electrons. The van der Waals surface area contributed by atoms with E-state index >= 15 is 0 Å². The third kappa shape index (κ3) is 5.51. The average molecular weight is 459 g/mol. The first-order chi connectivity index (χ1) is 11.8. The number of pyridine rings is 1. The van der Waals surface area contributed by atoms with Crippen LogP contribution in [0.3, 0.4) is 0 Å². The van der Waals surface area contributed by atoms with E-state index in [1.54, 1.807) is 0 Å². The van der Waals surface area contributed by atoms with E-state index < -0.39 is 0 Å². The Labute approximate surface area is 165 Å². The van der Waals surface area contributed by atoms with Crippen LogP contribution in [-0.4, -0.2) is 71.4 Å². The van der Waals surface area contributed by atoms with E-state index in [0.29, 0.717) is 6.54 Å². The van der Waals surface area contributed by atoms with Gasteiger partial charge < -0.3 is 20.3 Å². The number of ether oxygens (including phenoxy) is 1. The summed E-state index contributed by atoms with van der Waals surface area (Å²) in [6.07, 6.45) is 2.13. The quantitative estimate of drug-likeness (QED) is 0.390. The van der Waals surface area contributed by atoms with Crippen molar-refractivity contribution in [3.05, 3.63) is 30.2 Å². The standard InChI is InChI=1S/C16H25N7O.HI/c1-3-17-16(18-10-13-12-22(2)8-9-24-13)19-11-15-21-20-14-6-4-5-7-23(14)15;/h4-7,13H,3,8-12H2,1-2H3,(H2,17,18,19);1H. The van der Waals surface area contributed by atoms with Gasteiger partial charge in [-0.05, 0) is 26.1 Å². The van der Waals surface area contributed by atoms with Crippen LogP contribution in [0.5, 0.6) is 0 Å². The van der Waals surface area contributed by atoms with Crippen LogP contribution < -0.4 is 10.6 Å². The fraction of sp³-hybridized carbons (Fsp3) is 0.562. The number of halogens is 1. The monoisotopic (exact) mass is 459 g/mol. The third-order valence-electron chi connectivity index (χ3n) is 3.95. The Bertz CT molecular complexity index is 690. The fourth-order valence-corrected chi connectivity index (χ4v) is 2.69. The van der Waals surface area contributed by atoms with Gasteiger partial charge in [-0.2, -0.15) is 0 Å². The summed E-state index contributed by atoms with van der Waals surface area (Å²) in [4.78, 5) is 6.89. The number of morpholine rings is 1. The van der Waals surface area contributed by atoms with E-state index in [1.807, 2.05) is 28.8 Å². The van der Waals surface area contributed by atoms with Gasteiger partial charge in [0.1, 0.15) is 6.54 Å². The van der Waals surface area contributed by atoms with E-state index in [-0.39, 0.29) is 30.1 Å². The van der Waals surface area contributed by atoms with Gasteiger partial charge in [0.25, 0.3) is 0 Å². The number of nitrogens with one attached hydrogen (secondary N) is 2. The van der Waals surface area contributed by atoms with Crippen molar-refractivity contribution >= 4 is 35.6 Å². The zero-order valence-electron chi connectivity index (χ0n) is 14.7. The van der Waals surface area contributed by atoms with Crippen molar-refractivity contribution < 1.29 is 4.74 Å². The topological polar surface area (TPSA) is 79.1 Å². The summed E-state index contributed by atoms with van der Waals surface area (Å²) in [6, 6.07) is 5.84. The third-order valence-corrected chi connectivity index (χ3v) is 3.95. The van der Waals surface area contributed by atoms with Gasteiger partial charge in [-0.1, -0.05) is 6.07 Å². The number of likely N-dealkylation sites (N-methyl/N-ethyl adjacent to an activating group) is 1. The highest BCUT2D eigenvalue weighted by Gasteiger charge is 2.17. The maximum atomic E-state index is 5.77.